The summed E-state index contributed by atoms with van der Waals surface area (Å²) >= 11 is 13.6. The summed E-state index contributed by atoms with van der Waals surface area (Å²) in [6.45, 7) is 5.97. The third kappa shape index (κ3) is 7.33. The van der Waals surface area contributed by atoms with Crippen LogP contribution >= 0.6 is 35.0 Å². The van der Waals surface area contributed by atoms with E-state index >= 15 is 0 Å². The van der Waals surface area contributed by atoms with E-state index in [0.29, 0.717) is 34.3 Å². The highest BCUT2D eigenvalue weighted by molar-refractivity contribution is 8.18. The van der Waals surface area contributed by atoms with Gasteiger partial charge in [0.2, 0.25) is 0 Å². The highest BCUT2D eigenvalue weighted by atomic mass is 35.5. The van der Waals surface area contributed by atoms with Gasteiger partial charge in [-0.2, -0.15) is 0 Å². The number of esters is 1. The number of halogens is 2. The summed E-state index contributed by atoms with van der Waals surface area (Å²) in [4.78, 5) is 30.2. The van der Waals surface area contributed by atoms with Crippen molar-refractivity contribution in [2.75, 3.05) is 13.2 Å². The molecule has 0 bridgehead atoms. The van der Waals surface area contributed by atoms with Crippen molar-refractivity contribution in [3.8, 4) is 11.5 Å². The summed E-state index contributed by atoms with van der Waals surface area (Å²) in [5, 5.41) is 12.0. The maximum absolute atomic E-state index is 13.0. The Morgan fingerprint density at radius 1 is 1.00 bits per heavy atom. The number of benzene rings is 3. The molecule has 0 aliphatic carbocycles. The number of nitrogens with zero attached hydrogens (tertiary/aromatic N) is 1. The van der Waals surface area contributed by atoms with Gasteiger partial charge in [-0.1, -0.05) is 65.3 Å². The molecular weight excluding hydrogens is 585 g/mol. The van der Waals surface area contributed by atoms with Crippen LogP contribution in [0, 0.1) is 6.92 Å². The van der Waals surface area contributed by atoms with E-state index in [-0.39, 0.29) is 39.5 Å². The van der Waals surface area contributed by atoms with E-state index in [0.717, 1.165) is 22.9 Å². The fourth-order valence-electron chi connectivity index (χ4n) is 3.92. The van der Waals surface area contributed by atoms with Crippen LogP contribution in [-0.2, 0) is 16.1 Å². The average molecular weight is 613 g/mol. The largest absolute Gasteiger partial charge is 0.506 e. The Kier molecular flexibility index (Phi) is 10.2. The number of aliphatic imine (C=N–C) groups is 1. The summed E-state index contributed by atoms with van der Waals surface area (Å²) in [7, 11) is 0. The maximum atomic E-state index is 13.0. The Hall–Kier alpha value is -3.72. The van der Waals surface area contributed by atoms with Gasteiger partial charge < -0.3 is 19.3 Å². The summed E-state index contributed by atoms with van der Waals surface area (Å²) in [5.74, 6) is -0.896. The number of amides is 1. The van der Waals surface area contributed by atoms with Gasteiger partial charge in [0.15, 0.2) is 11.5 Å². The summed E-state index contributed by atoms with van der Waals surface area (Å²) in [6, 6.07) is 17.6. The third-order valence-corrected chi connectivity index (χ3v) is 7.43. The summed E-state index contributed by atoms with van der Waals surface area (Å²) in [6.07, 6.45) is 1.62. The second-order valence-electron chi connectivity index (χ2n) is 8.77. The van der Waals surface area contributed by atoms with Crippen LogP contribution in [-0.4, -0.2) is 35.2 Å². The van der Waals surface area contributed by atoms with E-state index in [1.165, 1.54) is 0 Å². The van der Waals surface area contributed by atoms with Crippen molar-refractivity contribution in [1.29, 1.82) is 0 Å². The molecule has 1 N–H and O–H groups in total. The number of thioether (sulfide) groups is 1. The van der Waals surface area contributed by atoms with Crippen molar-refractivity contribution < 1.29 is 28.9 Å². The van der Waals surface area contributed by atoms with Crippen molar-refractivity contribution >= 4 is 58.0 Å². The number of aliphatic hydroxyl groups excluding tert-OH is 1. The van der Waals surface area contributed by atoms with Gasteiger partial charge in [0, 0.05) is 10.6 Å². The van der Waals surface area contributed by atoms with E-state index in [4.69, 9.17) is 37.4 Å². The van der Waals surface area contributed by atoms with E-state index in [1.807, 2.05) is 25.1 Å². The Morgan fingerprint density at radius 3 is 2.41 bits per heavy atom. The van der Waals surface area contributed by atoms with E-state index < -0.39 is 11.9 Å². The first-order valence-electron chi connectivity index (χ1n) is 12.7. The van der Waals surface area contributed by atoms with Crippen LogP contribution in [0.25, 0.3) is 6.08 Å². The molecular formula is C31H27Cl2NO6S. The van der Waals surface area contributed by atoms with E-state index in [2.05, 4.69) is 4.99 Å². The molecule has 4 rings (SSSR count). The SMILES string of the molecule is CCOC(=O)C1=C(O)/C(=C/c2cc(Cl)c(OCc3ccc(Cl)cc3)c(OCC)c2)SC1=NC(=O)c1ccccc1C. The Balaban J connectivity index is 1.68. The molecule has 0 unspecified atom stereocenters. The Bertz CT molecular complexity index is 1560. The Labute approximate surface area is 252 Å². The van der Waals surface area contributed by atoms with Crippen LogP contribution in [0.2, 0.25) is 10.0 Å². The minimum absolute atomic E-state index is 0.0412. The standard InChI is InChI=1S/C31H27Cl2NO6S/c1-4-38-24-15-20(14-23(33)28(24)40-17-19-10-12-21(32)13-11-19)16-25-27(35)26(31(37)39-5-2)30(41-25)34-29(36)22-9-7-6-8-18(22)3/h6-16,35H,4-5,17H2,1-3H3/b25-16-,34-30?. The van der Waals surface area contributed by atoms with Crippen molar-refractivity contribution in [2.45, 2.75) is 27.4 Å². The molecule has 1 heterocycles. The van der Waals surface area contributed by atoms with Gasteiger partial charge in [-0.3, -0.25) is 4.79 Å². The molecule has 7 nitrogen and oxygen atoms in total. The number of hydrogen-bond donors (Lipinski definition) is 1. The molecule has 0 spiro atoms. The summed E-state index contributed by atoms with van der Waals surface area (Å²) in [5.41, 5.74) is 2.42. The zero-order valence-electron chi connectivity index (χ0n) is 22.6. The first-order chi connectivity index (χ1) is 19.7. The van der Waals surface area contributed by atoms with Gasteiger partial charge in [-0.25, -0.2) is 9.79 Å². The predicted molar refractivity (Wildman–Crippen MR) is 163 cm³/mol. The van der Waals surface area contributed by atoms with E-state index in [1.54, 1.807) is 62.4 Å². The number of hydrogen-bond acceptors (Lipinski definition) is 7. The van der Waals surface area contributed by atoms with E-state index in [9.17, 15) is 14.7 Å². The number of rotatable bonds is 9. The molecule has 1 amide bonds. The van der Waals surface area contributed by atoms with Gasteiger partial charge in [-0.05, 0) is 73.9 Å². The lowest BCUT2D eigenvalue weighted by molar-refractivity contribution is -0.138. The van der Waals surface area contributed by atoms with Gasteiger partial charge in [0.05, 0.1) is 23.1 Å². The van der Waals surface area contributed by atoms with Crippen LogP contribution in [0.3, 0.4) is 0 Å². The number of carbonyl (C=O) groups is 2. The minimum Gasteiger partial charge on any atom is -0.506 e. The zero-order valence-corrected chi connectivity index (χ0v) is 24.9. The third-order valence-electron chi connectivity index (χ3n) is 5.87. The topological polar surface area (TPSA) is 94.4 Å². The van der Waals surface area contributed by atoms with Gasteiger partial charge >= 0.3 is 5.97 Å². The number of carbonyl (C=O) groups excluding carboxylic acids is 2. The smallest absolute Gasteiger partial charge is 0.344 e. The number of ether oxygens (including phenoxy) is 3. The average Bonchev–Trinajstić information content (AvgIpc) is 3.23. The maximum Gasteiger partial charge on any atom is 0.344 e. The lowest BCUT2D eigenvalue weighted by atomic mass is 10.1. The monoisotopic (exact) mass is 611 g/mol. The molecule has 0 fully saturated rings. The van der Waals surface area contributed by atoms with Gasteiger partial charge in [0.25, 0.3) is 5.91 Å². The zero-order chi connectivity index (χ0) is 29.5. The molecule has 0 aromatic heterocycles. The highest BCUT2D eigenvalue weighted by Crippen LogP contribution is 2.42. The van der Waals surface area contributed by atoms with Crippen molar-refractivity contribution in [3.05, 3.63) is 109 Å². The first kappa shape index (κ1) is 30.2. The fourth-order valence-corrected chi connectivity index (χ4v) is 5.33. The van der Waals surface area contributed by atoms with Crippen molar-refractivity contribution in [1.82, 2.24) is 0 Å². The fraction of sp³-hybridized carbons (Fsp3) is 0.194. The molecule has 0 atom stereocenters. The van der Waals surface area contributed by atoms with Crippen LogP contribution < -0.4 is 9.47 Å². The first-order valence-corrected chi connectivity index (χ1v) is 14.3. The molecule has 212 valence electrons. The van der Waals surface area contributed by atoms with Crippen LogP contribution in [0.1, 0.15) is 40.9 Å². The Morgan fingerprint density at radius 2 is 1.73 bits per heavy atom. The molecule has 3 aromatic rings. The highest BCUT2D eigenvalue weighted by Gasteiger charge is 2.34. The van der Waals surface area contributed by atoms with Crippen molar-refractivity contribution in [3.63, 3.8) is 0 Å². The second kappa shape index (κ2) is 13.8. The molecule has 1 aliphatic rings. The molecule has 41 heavy (non-hydrogen) atoms. The lowest BCUT2D eigenvalue weighted by Gasteiger charge is -2.15. The molecule has 0 radical (unpaired) electrons. The van der Waals surface area contributed by atoms with Gasteiger partial charge in [0.1, 0.15) is 23.0 Å². The van der Waals surface area contributed by atoms with Crippen molar-refractivity contribution in [2.24, 2.45) is 4.99 Å². The normalized spacial score (nSPS) is 15.0. The van der Waals surface area contributed by atoms with Crippen LogP contribution in [0.5, 0.6) is 11.5 Å². The number of aryl methyl sites for hydroxylation is 1. The molecule has 1 aliphatic heterocycles. The molecule has 3 aromatic carbocycles. The van der Waals surface area contributed by atoms with Crippen LogP contribution in [0.15, 0.2) is 81.9 Å². The lowest BCUT2D eigenvalue weighted by Crippen LogP contribution is -2.14. The number of aliphatic hydroxyl groups is 1. The molecule has 10 heteroatoms. The molecule has 0 saturated heterocycles. The molecule has 0 saturated carbocycles. The quantitative estimate of drug-likeness (QED) is 0.245. The summed E-state index contributed by atoms with van der Waals surface area (Å²) < 4.78 is 16.9. The van der Waals surface area contributed by atoms with Crippen LogP contribution in [0.4, 0.5) is 0 Å². The predicted octanol–water partition coefficient (Wildman–Crippen LogP) is 7.98. The second-order valence-corrected chi connectivity index (χ2v) is 10.6. The minimum atomic E-state index is -0.781. The van der Waals surface area contributed by atoms with Gasteiger partial charge in [-0.15, -0.1) is 0 Å².